The molecule has 0 unspecified atom stereocenters. The summed E-state index contributed by atoms with van der Waals surface area (Å²) in [5.74, 6) is 1.58. The van der Waals surface area contributed by atoms with E-state index in [0.717, 1.165) is 57.1 Å². The predicted octanol–water partition coefficient (Wildman–Crippen LogP) is 2.83. The number of unbranched alkanes of at least 4 members (excludes halogenated alkanes) is 3. The molecule has 0 radical (unpaired) electrons. The second-order valence-electron chi connectivity index (χ2n) is 6.63. The van der Waals surface area contributed by atoms with E-state index in [-0.39, 0.29) is 24.0 Å². The zero-order chi connectivity index (χ0) is 17.9. The fourth-order valence-corrected chi connectivity index (χ4v) is 2.99. The van der Waals surface area contributed by atoms with Crippen LogP contribution in [0.2, 0.25) is 0 Å². The highest BCUT2D eigenvalue weighted by Crippen LogP contribution is 2.14. The van der Waals surface area contributed by atoms with Gasteiger partial charge in [0.05, 0.1) is 6.54 Å². The lowest BCUT2D eigenvalue weighted by molar-refractivity contribution is 0.270. The number of hydrogen-bond donors (Lipinski definition) is 2. The monoisotopic (exact) mass is 474 g/mol. The number of piperazine rings is 1. The van der Waals surface area contributed by atoms with Crippen molar-refractivity contribution in [2.75, 3.05) is 44.2 Å². The normalized spacial score (nSPS) is 15.6. The molecule has 0 aromatic carbocycles. The first-order valence-corrected chi connectivity index (χ1v) is 9.69. The summed E-state index contributed by atoms with van der Waals surface area (Å²) in [5, 5.41) is 3.18. The molecule has 26 heavy (non-hydrogen) atoms. The lowest BCUT2D eigenvalue weighted by atomic mass is 10.2. The van der Waals surface area contributed by atoms with Crippen molar-refractivity contribution in [1.29, 1.82) is 0 Å². The lowest BCUT2D eigenvalue weighted by Gasteiger charge is -2.34. The van der Waals surface area contributed by atoms with Crippen LogP contribution in [-0.4, -0.2) is 55.1 Å². The van der Waals surface area contributed by atoms with Gasteiger partial charge in [-0.1, -0.05) is 39.2 Å². The smallest absolute Gasteiger partial charge is 0.188 e. The van der Waals surface area contributed by atoms with Crippen LogP contribution in [0.3, 0.4) is 0 Å². The first-order valence-electron chi connectivity index (χ1n) is 9.69. The number of pyridine rings is 1. The zero-order valence-electron chi connectivity index (χ0n) is 16.3. The van der Waals surface area contributed by atoms with Gasteiger partial charge in [0.25, 0.3) is 0 Å². The molecular weight excluding hydrogens is 439 g/mol. The Bertz CT molecular complexity index is 511. The predicted molar refractivity (Wildman–Crippen MR) is 121 cm³/mol. The van der Waals surface area contributed by atoms with Crippen LogP contribution in [0.25, 0.3) is 0 Å². The fraction of sp³-hybridized carbons (Fsp3) is 0.684. The van der Waals surface area contributed by atoms with E-state index in [4.69, 9.17) is 5.73 Å². The highest BCUT2D eigenvalue weighted by atomic mass is 127. The van der Waals surface area contributed by atoms with Crippen molar-refractivity contribution in [2.45, 2.75) is 46.1 Å². The average molecular weight is 474 g/mol. The Morgan fingerprint density at radius 3 is 2.54 bits per heavy atom. The number of aliphatic imine (C=N–C) groups is 1. The Labute approximate surface area is 175 Å². The van der Waals surface area contributed by atoms with E-state index in [1.807, 2.05) is 6.20 Å². The Hall–Kier alpha value is -1.09. The molecule has 0 spiro atoms. The summed E-state index contributed by atoms with van der Waals surface area (Å²) < 4.78 is 0. The van der Waals surface area contributed by atoms with Gasteiger partial charge >= 0.3 is 0 Å². The maximum atomic E-state index is 5.91. The van der Waals surface area contributed by atoms with Gasteiger partial charge in [-0.2, -0.15) is 0 Å². The van der Waals surface area contributed by atoms with E-state index in [0.29, 0.717) is 12.5 Å². The number of likely N-dealkylation sites (N-methyl/N-ethyl adjacent to an activating group) is 1. The Balaban J connectivity index is 0.00000338. The third kappa shape index (κ3) is 8.07. The molecule has 1 aliphatic heterocycles. The second kappa shape index (κ2) is 13.1. The van der Waals surface area contributed by atoms with Crippen LogP contribution in [0.1, 0.15) is 45.1 Å². The summed E-state index contributed by atoms with van der Waals surface area (Å²) in [6.07, 6.45) is 6.84. The summed E-state index contributed by atoms with van der Waals surface area (Å²) in [7, 11) is 0. The summed E-state index contributed by atoms with van der Waals surface area (Å²) in [6.45, 7) is 11.4. The first kappa shape index (κ1) is 23.0. The van der Waals surface area contributed by atoms with E-state index < -0.39 is 0 Å². The van der Waals surface area contributed by atoms with Crippen molar-refractivity contribution in [1.82, 2.24) is 15.2 Å². The number of aromatic nitrogens is 1. The molecule has 2 heterocycles. The fourth-order valence-electron chi connectivity index (χ4n) is 2.99. The van der Waals surface area contributed by atoms with Gasteiger partial charge in [-0.05, 0) is 24.6 Å². The summed E-state index contributed by atoms with van der Waals surface area (Å²) in [6, 6.07) is 4.20. The van der Waals surface area contributed by atoms with Crippen LogP contribution >= 0.6 is 24.0 Å². The van der Waals surface area contributed by atoms with Crippen LogP contribution in [0.15, 0.2) is 23.3 Å². The quantitative estimate of drug-likeness (QED) is 0.249. The standard InChI is InChI=1S/C19H34N6.HI/c1-3-5-6-7-10-21-19(20)23-16-17-8-9-18(22-15-17)25-13-11-24(4-2)12-14-25;/h8-9,15H,3-7,10-14,16H2,1-2H3,(H3,20,21,23);1H. The van der Waals surface area contributed by atoms with Crippen molar-refractivity contribution in [2.24, 2.45) is 10.7 Å². The number of nitrogens with one attached hydrogen (secondary N) is 1. The number of anilines is 1. The number of nitrogens with zero attached hydrogens (tertiary/aromatic N) is 4. The van der Waals surface area contributed by atoms with Crippen LogP contribution in [0.4, 0.5) is 5.82 Å². The van der Waals surface area contributed by atoms with Crippen molar-refractivity contribution >= 4 is 35.8 Å². The topological polar surface area (TPSA) is 69.8 Å². The first-order chi connectivity index (χ1) is 12.2. The lowest BCUT2D eigenvalue weighted by Crippen LogP contribution is -2.46. The molecule has 1 saturated heterocycles. The van der Waals surface area contributed by atoms with Crippen LogP contribution < -0.4 is 16.0 Å². The minimum atomic E-state index is 0. The van der Waals surface area contributed by atoms with Crippen LogP contribution in [-0.2, 0) is 6.54 Å². The molecule has 0 bridgehead atoms. The number of rotatable bonds is 9. The molecule has 1 aromatic heterocycles. The summed E-state index contributed by atoms with van der Waals surface area (Å²) >= 11 is 0. The molecule has 3 N–H and O–H groups in total. The van der Waals surface area contributed by atoms with E-state index in [2.05, 4.69) is 51.1 Å². The van der Waals surface area contributed by atoms with Gasteiger partial charge in [0.1, 0.15) is 5.82 Å². The highest BCUT2D eigenvalue weighted by molar-refractivity contribution is 14.0. The third-order valence-electron chi connectivity index (χ3n) is 4.72. The van der Waals surface area contributed by atoms with E-state index in [9.17, 15) is 0 Å². The number of halogens is 1. The molecular formula is C19H35IN6. The molecule has 7 heteroatoms. The maximum Gasteiger partial charge on any atom is 0.188 e. The molecule has 1 aliphatic rings. The molecule has 148 valence electrons. The summed E-state index contributed by atoms with van der Waals surface area (Å²) in [5.41, 5.74) is 7.00. The van der Waals surface area contributed by atoms with E-state index in [1.165, 1.54) is 19.3 Å². The third-order valence-corrected chi connectivity index (χ3v) is 4.72. The Morgan fingerprint density at radius 2 is 1.92 bits per heavy atom. The van der Waals surface area contributed by atoms with Gasteiger partial charge in [-0.3, -0.25) is 0 Å². The van der Waals surface area contributed by atoms with Crippen molar-refractivity contribution in [3.05, 3.63) is 23.9 Å². The van der Waals surface area contributed by atoms with E-state index in [1.54, 1.807) is 0 Å². The van der Waals surface area contributed by atoms with Gasteiger partial charge in [-0.25, -0.2) is 9.98 Å². The van der Waals surface area contributed by atoms with Crippen LogP contribution in [0.5, 0.6) is 0 Å². The van der Waals surface area contributed by atoms with Gasteiger partial charge in [0.15, 0.2) is 5.96 Å². The number of nitrogens with two attached hydrogens (primary N) is 1. The minimum Gasteiger partial charge on any atom is -0.370 e. The molecule has 1 fully saturated rings. The number of guanidine groups is 1. The molecule has 1 aromatic rings. The molecule has 2 rings (SSSR count). The maximum absolute atomic E-state index is 5.91. The molecule has 0 atom stereocenters. The minimum absolute atomic E-state index is 0. The van der Waals surface area contributed by atoms with E-state index >= 15 is 0 Å². The molecule has 6 nitrogen and oxygen atoms in total. The molecule has 0 aliphatic carbocycles. The van der Waals surface area contributed by atoms with Crippen molar-refractivity contribution < 1.29 is 0 Å². The second-order valence-corrected chi connectivity index (χ2v) is 6.63. The highest BCUT2D eigenvalue weighted by Gasteiger charge is 2.16. The van der Waals surface area contributed by atoms with Gasteiger partial charge < -0.3 is 20.9 Å². The van der Waals surface area contributed by atoms with Gasteiger partial charge in [0, 0.05) is 38.9 Å². The van der Waals surface area contributed by atoms with Crippen molar-refractivity contribution in [3.63, 3.8) is 0 Å². The van der Waals surface area contributed by atoms with Crippen molar-refractivity contribution in [3.8, 4) is 0 Å². The average Bonchev–Trinajstić information content (AvgIpc) is 2.67. The Kier molecular flexibility index (Phi) is 11.6. The van der Waals surface area contributed by atoms with Crippen LogP contribution in [0, 0.1) is 0 Å². The SMILES string of the molecule is CCCCCCNC(N)=NCc1ccc(N2CCN(CC)CC2)nc1.I. The largest absolute Gasteiger partial charge is 0.370 e. The molecule has 0 amide bonds. The Morgan fingerprint density at radius 1 is 1.15 bits per heavy atom. The van der Waals surface area contributed by atoms with Gasteiger partial charge in [0.2, 0.25) is 0 Å². The summed E-state index contributed by atoms with van der Waals surface area (Å²) in [4.78, 5) is 13.8. The van der Waals surface area contributed by atoms with Gasteiger partial charge in [-0.15, -0.1) is 24.0 Å². The number of hydrogen-bond acceptors (Lipinski definition) is 4. The molecule has 0 saturated carbocycles. The zero-order valence-corrected chi connectivity index (χ0v) is 18.6.